The zero-order valence-electron chi connectivity index (χ0n) is 8.78. The van der Waals surface area contributed by atoms with Crippen molar-refractivity contribution in [1.29, 1.82) is 0 Å². The van der Waals surface area contributed by atoms with E-state index in [1.807, 2.05) is 5.32 Å². The molecule has 2 amide bonds. The van der Waals surface area contributed by atoms with Crippen LogP contribution in [0.2, 0.25) is 0 Å². The predicted octanol–water partition coefficient (Wildman–Crippen LogP) is 1.29. The Kier molecular flexibility index (Phi) is 3.72. The van der Waals surface area contributed by atoms with Gasteiger partial charge in [0.2, 0.25) is 0 Å². The van der Waals surface area contributed by atoms with Crippen molar-refractivity contribution in [2.45, 2.75) is 6.30 Å². The minimum atomic E-state index is -4.95. The van der Waals surface area contributed by atoms with E-state index in [4.69, 9.17) is 0 Å². The summed E-state index contributed by atoms with van der Waals surface area (Å²) < 4.78 is 38.0. The number of amides is 2. The summed E-state index contributed by atoms with van der Waals surface area (Å²) >= 11 is 0. The first-order valence-electron chi connectivity index (χ1n) is 4.56. The van der Waals surface area contributed by atoms with Crippen LogP contribution >= 0.6 is 0 Å². The van der Waals surface area contributed by atoms with E-state index in [-0.39, 0.29) is 0 Å². The normalized spacial score (nSPS) is 10.8. The highest BCUT2D eigenvalue weighted by atomic mass is 19.4. The van der Waals surface area contributed by atoms with Gasteiger partial charge in [-0.2, -0.15) is 0 Å². The fourth-order valence-electron chi connectivity index (χ4n) is 1.16. The van der Waals surface area contributed by atoms with Crippen molar-refractivity contribution >= 4 is 17.5 Å². The van der Waals surface area contributed by atoms with E-state index in [1.165, 1.54) is 18.2 Å². The van der Waals surface area contributed by atoms with Gasteiger partial charge < -0.3 is 5.32 Å². The van der Waals surface area contributed by atoms with Gasteiger partial charge in [0.1, 0.15) is 0 Å². The summed E-state index contributed by atoms with van der Waals surface area (Å²) in [5, 5.41) is 1.86. The van der Waals surface area contributed by atoms with Crippen LogP contribution < -0.4 is 10.2 Å². The van der Waals surface area contributed by atoms with Gasteiger partial charge in [0.05, 0.1) is 5.69 Å². The average Bonchev–Trinajstić information content (AvgIpc) is 2.27. The van der Waals surface area contributed by atoms with Gasteiger partial charge in [0.25, 0.3) is 0 Å². The molecular formula is C10H9F3N2O2. The second kappa shape index (κ2) is 4.86. The third-order valence-electron chi connectivity index (χ3n) is 1.89. The number of halogens is 3. The fourth-order valence-corrected chi connectivity index (χ4v) is 1.16. The second-order valence-corrected chi connectivity index (χ2v) is 3.02. The number of hydrogen-bond acceptors (Lipinski definition) is 2. The molecular weight excluding hydrogens is 237 g/mol. The van der Waals surface area contributed by atoms with E-state index in [0.29, 0.717) is 0 Å². The Morgan fingerprint density at radius 1 is 1.18 bits per heavy atom. The highest BCUT2D eigenvalue weighted by Crippen LogP contribution is 2.28. The lowest BCUT2D eigenvalue weighted by Gasteiger charge is -2.23. The van der Waals surface area contributed by atoms with Crippen molar-refractivity contribution in [2.75, 3.05) is 11.9 Å². The Balaban J connectivity index is 3.15. The molecule has 1 N–H and O–H groups in total. The molecule has 92 valence electrons. The molecule has 0 atom stereocenters. The third kappa shape index (κ3) is 2.96. The van der Waals surface area contributed by atoms with Gasteiger partial charge in [0, 0.05) is 7.05 Å². The van der Waals surface area contributed by atoms with Crippen LogP contribution in [0, 0.1) is 0 Å². The molecule has 0 aliphatic heterocycles. The molecule has 0 aliphatic carbocycles. The van der Waals surface area contributed by atoms with Gasteiger partial charge in [-0.05, 0) is 12.1 Å². The standard InChI is InChI=1S/C10H9F3N2O2/c1-14-8(16)9(17)15(10(11,12)13)7-5-3-2-4-6-7/h2-6H,1H3,(H,14,16). The molecule has 0 aromatic heterocycles. The Morgan fingerprint density at radius 2 is 1.71 bits per heavy atom. The Hall–Kier alpha value is -2.05. The van der Waals surface area contributed by atoms with Crippen LogP contribution in [-0.2, 0) is 9.59 Å². The predicted molar refractivity (Wildman–Crippen MR) is 54.0 cm³/mol. The summed E-state index contributed by atoms with van der Waals surface area (Å²) in [5.74, 6) is -3.00. The van der Waals surface area contributed by atoms with Gasteiger partial charge in [-0.15, -0.1) is 13.2 Å². The summed E-state index contributed by atoms with van der Waals surface area (Å²) in [5.41, 5.74) is -0.409. The lowest BCUT2D eigenvalue weighted by atomic mass is 10.3. The minimum Gasteiger partial charge on any atom is -0.351 e. The molecule has 0 saturated carbocycles. The number of para-hydroxylation sites is 1. The maximum Gasteiger partial charge on any atom is 0.492 e. The summed E-state index contributed by atoms with van der Waals surface area (Å²) in [7, 11) is 1.08. The number of carbonyl (C=O) groups is 2. The van der Waals surface area contributed by atoms with Gasteiger partial charge >= 0.3 is 18.1 Å². The Labute approximate surface area is 95.0 Å². The van der Waals surface area contributed by atoms with Crippen LogP contribution in [-0.4, -0.2) is 25.2 Å². The van der Waals surface area contributed by atoms with Gasteiger partial charge in [-0.3, -0.25) is 9.59 Å². The number of likely N-dealkylation sites (N-methyl/N-ethyl adjacent to an activating group) is 1. The maximum atomic E-state index is 12.7. The summed E-state index contributed by atoms with van der Waals surface area (Å²) in [4.78, 5) is 21.8. The SMILES string of the molecule is CNC(=O)C(=O)N(c1ccccc1)C(F)(F)F. The van der Waals surface area contributed by atoms with Crippen LogP contribution in [0.15, 0.2) is 30.3 Å². The fraction of sp³-hybridized carbons (Fsp3) is 0.200. The zero-order chi connectivity index (χ0) is 13.1. The summed E-state index contributed by atoms with van der Waals surface area (Å²) in [6, 6.07) is 6.36. The van der Waals surface area contributed by atoms with Crippen LogP contribution in [0.1, 0.15) is 0 Å². The van der Waals surface area contributed by atoms with Crippen molar-refractivity contribution in [1.82, 2.24) is 5.32 Å². The molecule has 1 aromatic rings. The van der Waals surface area contributed by atoms with Crippen LogP contribution in [0.3, 0.4) is 0 Å². The number of carbonyl (C=O) groups excluding carboxylic acids is 2. The largest absolute Gasteiger partial charge is 0.492 e. The molecule has 0 spiro atoms. The molecule has 0 saturated heterocycles. The molecule has 0 heterocycles. The van der Waals surface area contributed by atoms with Crippen LogP contribution in [0.4, 0.5) is 18.9 Å². The van der Waals surface area contributed by atoms with Gasteiger partial charge in [-0.1, -0.05) is 18.2 Å². The number of anilines is 1. The van der Waals surface area contributed by atoms with Crippen molar-refractivity contribution in [2.24, 2.45) is 0 Å². The third-order valence-corrected chi connectivity index (χ3v) is 1.89. The molecule has 0 fully saturated rings. The quantitative estimate of drug-likeness (QED) is 0.599. The Morgan fingerprint density at radius 3 is 2.12 bits per heavy atom. The number of hydrogen-bond donors (Lipinski definition) is 1. The van der Waals surface area contributed by atoms with E-state index >= 15 is 0 Å². The monoisotopic (exact) mass is 246 g/mol. The lowest BCUT2D eigenvalue weighted by Crippen LogP contribution is -2.49. The number of nitrogens with one attached hydrogen (secondary N) is 1. The number of nitrogens with zero attached hydrogens (tertiary/aromatic N) is 1. The molecule has 1 rings (SSSR count). The summed E-state index contributed by atoms with van der Waals surface area (Å²) in [6.07, 6.45) is -4.95. The first kappa shape index (κ1) is 13.0. The first-order chi connectivity index (χ1) is 7.88. The first-order valence-corrected chi connectivity index (χ1v) is 4.56. The van der Waals surface area contributed by atoms with Crippen molar-refractivity contribution in [3.8, 4) is 0 Å². The van der Waals surface area contributed by atoms with E-state index in [2.05, 4.69) is 0 Å². The molecule has 4 nitrogen and oxygen atoms in total. The van der Waals surface area contributed by atoms with Crippen molar-refractivity contribution < 1.29 is 22.8 Å². The number of rotatable bonds is 1. The second-order valence-electron chi connectivity index (χ2n) is 3.02. The number of alkyl halides is 3. The maximum absolute atomic E-state index is 12.7. The van der Waals surface area contributed by atoms with Crippen molar-refractivity contribution in [3.63, 3.8) is 0 Å². The molecule has 0 bridgehead atoms. The lowest BCUT2D eigenvalue weighted by molar-refractivity contribution is -0.156. The van der Waals surface area contributed by atoms with E-state index in [1.54, 1.807) is 0 Å². The van der Waals surface area contributed by atoms with E-state index in [9.17, 15) is 22.8 Å². The highest BCUT2D eigenvalue weighted by molar-refractivity contribution is 6.40. The molecule has 0 radical (unpaired) electrons. The smallest absolute Gasteiger partial charge is 0.351 e. The highest BCUT2D eigenvalue weighted by Gasteiger charge is 2.44. The van der Waals surface area contributed by atoms with Gasteiger partial charge in [0.15, 0.2) is 0 Å². The topological polar surface area (TPSA) is 49.4 Å². The molecule has 7 heteroatoms. The Bertz CT molecular complexity index is 417. The zero-order valence-corrected chi connectivity index (χ0v) is 8.78. The average molecular weight is 246 g/mol. The summed E-state index contributed by atoms with van der Waals surface area (Å²) in [6.45, 7) is 0. The van der Waals surface area contributed by atoms with Crippen LogP contribution in [0.25, 0.3) is 0 Å². The van der Waals surface area contributed by atoms with Crippen LogP contribution in [0.5, 0.6) is 0 Å². The van der Waals surface area contributed by atoms with Gasteiger partial charge in [-0.25, -0.2) is 4.90 Å². The van der Waals surface area contributed by atoms with E-state index in [0.717, 1.165) is 19.2 Å². The molecule has 1 aromatic carbocycles. The molecule has 17 heavy (non-hydrogen) atoms. The molecule has 0 unspecified atom stereocenters. The van der Waals surface area contributed by atoms with E-state index < -0.39 is 28.7 Å². The number of benzene rings is 1. The minimum absolute atomic E-state index is 0.409. The van der Waals surface area contributed by atoms with Crippen molar-refractivity contribution in [3.05, 3.63) is 30.3 Å². The molecule has 0 aliphatic rings.